The van der Waals surface area contributed by atoms with Crippen molar-refractivity contribution in [2.75, 3.05) is 35.7 Å². The second-order valence-electron chi connectivity index (χ2n) is 4.72. The lowest BCUT2D eigenvalue weighted by molar-refractivity contribution is 0.581. The molecule has 21 heavy (non-hydrogen) atoms. The zero-order valence-electron chi connectivity index (χ0n) is 12.0. The molecule has 8 heteroatoms. The molecular formula is C13H21N3O2S3. The number of thioether (sulfide) groups is 2. The van der Waals surface area contributed by atoms with Crippen molar-refractivity contribution in [3.05, 3.63) is 18.5 Å². The van der Waals surface area contributed by atoms with E-state index < -0.39 is 10.0 Å². The predicted molar refractivity (Wildman–Crippen MR) is 91.8 cm³/mol. The fourth-order valence-corrected chi connectivity index (χ4v) is 5.86. The lowest BCUT2D eigenvalue weighted by atomic mass is 10.4. The van der Waals surface area contributed by atoms with Gasteiger partial charge in [-0.05, 0) is 12.5 Å². The molecule has 5 nitrogen and oxygen atoms in total. The summed E-state index contributed by atoms with van der Waals surface area (Å²) >= 11 is 3.72. The molecule has 118 valence electrons. The van der Waals surface area contributed by atoms with Crippen LogP contribution in [0.5, 0.6) is 0 Å². The van der Waals surface area contributed by atoms with Gasteiger partial charge in [-0.1, -0.05) is 6.92 Å². The molecule has 1 aliphatic rings. The van der Waals surface area contributed by atoms with Gasteiger partial charge in [-0.25, -0.2) is 13.1 Å². The number of nitrogens with zero attached hydrogens (tertiary/aromatic N) is 1. The predicted octanol–water partition coefficient (Wildman–Crippen LogP) is 2.03. The third-order valence-electron chi connectivity index (χ3n) is 3.03. The summed E-state index contributed by atoms with van der Waals surface area (Å²) in [6.45, 7) is 3.25. The second kappa shape index (κ2) is 8.26. The Morgan fingerprint density at radius 1 is 1.43 bits per heavy atom. The van der Waals surface area contributed by atoms with Crippen LogP contribution in [0.25, 0.3) is 0 Å². The minimum Gasteiger partial charge on any atom is -0.384 e. The average Bonchev–Trinajstić information content (AvgIpc) is 2.52. The van der Waals surface area contributed by atoms with Crippen LogP contribution in [0.3, 0.4) is 0 Å². The molecule has 1 unspecified atom stereocenters. The normalized spacial score (nSPS) is 19.4. The van der Waals surface area contributed by atoms with Crippen molar-refractivity contribution in [3.63, 3.8) is 0 Å². The number of aromatic nitrogens is 1. The highest BCUT2D eigenvalue weighted by Crippen LogP contribution is 2.24. The van der Waals surface area contributed by atoms with E-state index in [-0.39, 0.29) is 4.90 Å². The van der Waals surface area contributed by atoms with Gasteiger partial charge in [0.2, 0.25) is 10.0 Å². The first-order chi connectivity index (χ1) is 10.1. The van der Waals surface area contributed by atoms with E-state index in [0.29, 0.717) is 17.5 Å². The van der Waals surface area contributed by atoms with E-state index in [4.69, 9.17) is 0 Å². The molecule has 1 atom stereocenters. The van der Waals surface area contributed by atoms with Crippen molar-refractivity contribution in [1.82, 2.24) is 9.71 Å². The minimum absolute atomic E-state index is 0.229. The molecule has 2 heterocycles. The minimum atomic E-state index is -3.52. The molecule has 1 aromatic heterocycles. The highest BCUT2D eigenvalue weighted by molar-refractivity contribution is 8.06. The van der Waals surface area contributed by atoms with Crippen LogP contribution >= 0.6 is 23.5 Å². The van der Waals surface area contributed by atoms with Crippen molar-refractivity contribution in [2.24, 2.45) is 0 Å². The molecule has 0 saturated carbocycles. The van der Waals surface area contributed by atoms with Gasteiger partial charge in [-0.15, -0.1) is 0 Å². The number of nitrogens with one attached hydrogen (secondary N) is 2. The Morgan fingerprint density at radius 3 is 3.00 bits per heavy atom. The summed E-state index contributed by atoms with van der Waals surface area (Å²) in [4.78, 5) is 4.17. The molecule has 0 bridgehead atoms. The van der Waals surface area contributed by atoms with Gasteiger partial charge in [0, 0.05) is 48.0 Å². The summed E-state index contributed by atoms with van der Waals surface area (Å²) in [5.74, 6) is 3.25. The first kappa shape index (κ1) is 16.9. The first-order valence-electron chi connectivity index (χ1n) is 7.00. The van der Waals surface area contributed by atoms with Crippen molar-refractivity contribution in [3.8, 4) is 0 Å². The molecule has 1 saturated heterocycles. The molecule has 0 amide bonds. The lowest BCUT2D eigenvalue weighted by Crippen LogP contribution is -2.33. The van der Waals surface area contributed by atoms with E-state index in [2.05, 4.69) is 15.0 Å². The number of rotatable bonds is 7. The van der Waals surface area contributed by atoms with Gasteiger partial charge in [0.25, 0.3) is 0 Å². The van der Waals surface area contributed by atoms with Crippen LogP contribution < -0.4 is 10.0 Å². The van der Waals surface area contributed by atoms with Crippen LogP contribution in [0.2, 0.25) is 0 Å². The average molecular weight is 348 g/mol. The zero-order chi connectivity index (χ0) is 15.1. The molecule has 2 rings (SSSR count). The van der Waals surface area contributed by atoms with Crippen LogP contribution in [0.1, 0.15) is 13.3 Å². The van der Waals surface area contributed by atoms with Gasteiger partial charge < -0.3 is 5.32 Å². The van der Waals surface area contributed by atoms with E-state index >= 15 is 0 Å². The van der Waals surface area contributed by atoms with Crippen LogP contribution in [-0.2, 0) is 10.0 Å². The molecule has 0 aliphatic carbocycles. The van der Waals surface area contributed by atoms with Gasteiger partial charge in [-0.3, -0.25) is 4.98 Å². The highest BCUT2D eigenvalue weighted by Gasteiger charge is 2.21. The van der Waals surface area contributed by atoms with E-state index in [1.807, 2.05) is 30.4 Å². The molecule has 2 N–H and O–H groups in total. The van der Waals surface area contributed by atoms with Gasteiger partial charge in [0.1, 0.15) is 4.90 Å². The van der Waals surface area contributed by atoms with Crippen molar-refractivity contribution in [1.29, 1.82) is 0 Å². The van der Waals surface area contributed by atoms with Crippen molar-refractivity contribution >= 4 is 39.2 Å². The smallest absolute Gasteiger partial charge is 0.244 e. The first-order valence-corrected chi connectivity index (χ1v) is 10.7. The van der Waals surface area contributed by atoms with E-state index in [1.165, 1.54) is 6.20 Å². The molecular weight excluding hydrogens is 326 g/mol. The van der Waals surface area contributed by atoms with Crippen molar-refractivity contribution < 1.29 is 8.42 Å². The molecule has 1 aliphatic heterocycles. The maximum Gasteiger partial charge on any atom is 0.244 e. The Kier molecular flexibility index (Phi) is 6.66. The zero-order valence-corrected chi connectivity index (χ0v) is 14.5. The summed E-state index contributed by atoms with van der Waals surface area (Å²) in [6, 6.07) is 1.70. The van der Waals surface area contributed by atoms with E-state index in [9.17, 15) is 8.42 Å². The van der Waals surface area contributed by atoms with Gasteiger partial charge in [0.05, 0.1) is 5.69 Å². The number of anilines is 1. The lowest BCUT2D eigenvalue weighted by Gasteiger charge is -2.21. The maximum absolute atomic E-state index is 12.5. The van der Waals surface area contributed by atoms with Crippen LogP contribution in [0.4, 0.5) is 5.69 Å². The second-order valence-corrected chi connectivity index (χ2v) is 9.01. The summed E-state index contributed by atoms with van der Waals surface area (Å²) in [7, 11) is -3.52. The fourth-order valence-electron chi connectivity index (χ4n) is 1.93. The third-order valence-corrected chi connectivity index (χ3v) is 7.32. The number of hydrogen-bond acceptors (Lipinski definition) is 6. The Bertz CT molecular complexity index is 545. The fraction of sp³-hybridized carbons (Fsp3) is 0.615. The van der Waals surface area contributed by atoms with E-state index in [1.54, 1.807) is 12.3 Å². The van der Waals surface area contributed by atoms with Crippen molar-refractivity contribution in [2.45, 2.75) is 23.5 Å². The van der Waals surface area contributed by atoms with Crippen LogP contribution in [0.15, 0.2) is 23.4 Å². The number of sulfonamides is 1. The molecule has 0 aromatic carbocycles. The highest BCUT2D eigenvalue weighted by atomic mass is 32.2. The molecule has 0 spiro atoms. The molecule has 1 aromatic rings. The monoisotopic (exact) mass is 347 g/mol. The Hall–Kier alpha value is -0.440. The Balaban J connectivity index is 2.04. The number of pyridine rings is 1. The standard InChI is InChI=1S/C13H21N3O2S3/c1-2-4-15-12-3-5-14-9-13(12)21(17,18)16-8-11-10-19-6-7-20-11/h3,5,9,11,16H,2,4,6-8,10H2,1H3,(H,14,15). The summed E-state index contributed by atoms with van der Waals surface area (Å²) in [5, 5.41) is 3.49. The summed E-state index contributed by atoms with van der Waals surface area (Å²) in [5.41, 5.74) is 0.616. The Morgan fingerprint density at radius 2 is 2.29 bits per heavy atom. The van der Waals surface area contributed by atoms with Gasteiger partial charge >= 0.3 is 0 Å². The number of hydrogen-bond donors (Lipinski definition) is 2. The van der Waals surface area contributed by atoms with Crippen LogP contribution in [-0.4, -0.2) is 49.0 Å². The molecule has 1 fully saturated rings. The maximum atomic E-state index is 12.5. The third kappa shape index (κ3) is 5.05. The largest absolute Gasteiger partial charge is 0.384 e. The van der Waals surface area contributed by atoms with Gasteiger partial charge in [-0.2, -0.15) is 23.5 Å². The van der Waals surface area contributed by atoms with Crippen LogP contribution in [0, 0.1) is 0 Å². The summed E-state index contributed by atoms with van der Waals surface area (Å²) in [6.07, 6.45) is 3.94. The quantitative estimate of drug-likeness (QED) is 0.786. The SMILES string of the molecule is CCCNc1ccncc1S(=O)(=O)NCC1CSCCS1. The van der Waals surface area contributed by atoms with E-state index in [0.717, 1.165) is 30.2 Å². The summed E-state index contributed by atoms with van der Waals surface area (Å²) < 4.78 is 27.6. The van der Waals surface area contributed by atoms with Gasteiger partial charge in [0.15, 0.2) is 0 Å². The molecule has 0 radical (unpaired) electrons. The topological polar surface area (TPSA) is 71.1 Å². The Labute approximate surface area is 135 Å².